The van der Waals surface area contributed by atoms with Crippen molar-refractivity contribution < 1.29 is 28.2 Å². The second-order valence-corrected chi connectivity index (χ2v) is 9.38. The summed E-state index contributed by atoms with van der Waals surface area (Å²) in [5.41, 5.74) is 0.835. The number of furan rings is 1. The highest BCUT2D eigenvalue weighted by Gasteiger charge is 2.25. The van der Waals surface area contributed by atoms with E-state index in [4.69, 9.17) is 18.6 Å². The molecule has 0 radical (unpaired) electrons. The molecule has 2 aromatic rings. The molecule has 0 bridgehead atoms. The van der Waals surface area contributed by atoms with Crippen LogP contribution in [0.25, 0.3) is 0 Å². The lowest BCUT2D eigenvalue weighted by Crippen LogP contribution is -2.45. The van der Waals surface area contributed by atoms with Crippen molar-refractivity contribution in [3.8, 4) is 11.5 Å². The average molecular weight is 475 g/mol. The predicted octanol–water partition coefficient (Wildman–Crippen LogP) is 3.78. The monoisotopic (exact) mass is 474 g/mol. The zero-order chi connectivity index (χ0) is 25.1. The first kappa shape index (κ1) is 27.2. The summed E-state index contributed by atoms with van der Waals surface area (Å²) in [7, 11) is 4.77. The van der Waals surface area contributed by atoms with Crippen molar-refractivity contribution >= 4 is 11.8 Å². The van der Waals surface area contributed by atoms with E-state index in [1.807, 2.05) is 45.0 Å². The van der Waals surface area contributed by atoms with E-state index in [2.05, 4.69) is 0 Å². The second kappa shape index (κ2) is 13.0. The van der Waals surface area contributed by atoms with E-state index in [-0.39, 0.29) is 23.8 Å². The van der Waals surface area contributed by atoms with Gasteiger partial charge >= 0.3 is 0 Å². The molecular formula is C26H38N2O6. The highest BCUT2D eigenvalue weighted by Crippen LogP contribution is 2.28. The summed E-state index contributed by atoms with van der Waals surface area (Å²) in [5.74, 6) is 1.78. The van der Waals surface area contributed by atoms with Crippen LogP contribution in [0, 0.1) is 5.41 Å². The Morgan fingerprint density at radius 1 is 0.941 bits per heavy atom. The number of carbonyl (C=O) groups is 2. The lowest BCUT2D eigenvalue weighted by Gasteiger charge is -2.29. The summed E-state index contributed by atoms with van der Waals surface area (Å²) in [6, 6.07) is 9.35. The van der Waals surface area contributed by atoms with Crippen molar-refractivity contribution in [2.24, 2.45) is 5.41 Å². The Hall–Kier alpha value is -3.00. The van der Waals surface area contributed by atoms with Gasteiger partial charge in [-0.3, -0.25) is 9.59 Å². The zero-order valence-corrected chi connectivity index (χ0v) is 21.3. The first-order valence-corrected chi connectivity index (χ1v) is 11.4. The van der Waals surface area contributed by atoms with Crippen molar-refractivity contribution in [1.29, 1.82) is 0 Å². The van der Waals surface area contributed by atoms with Gasteiger partial charge in [-0.25, -0.2) is 0 Å². The van der Waals surface area contributed by atoms with E-state index >= 15 is 0 Å². The van der Waals surface area contributed by atoms with E-state index in [0.29, 0.717) is 56.3 Å². The summed E-state index contributed by atoms with van der Waals surface area (Å²) in [5, 5.41) is 0. The van der Waals surface area contributed by atoms with E-state index in [0.717, 1.165) is 5.56 Å². The number of methoxy groups -OCH3 is 3. The molecule has 1 heterocycles. The van der Waals surface area contributed by atoms with Crippen molar-refractivity contribution in [3.05, 3.63) is 47.9 Å². The molecule has 0 aliphatic rings. The number of amides is 2. The normalized spacial score (nSPS) is 11.2. The van der Waals surface area contributed by atoms with Crippen LogP contribution in [-0.2, 0) is 27.3 Å². The van der Waals surface area contributed by atoms with Crippen molar-refractivity contribution in [3.63, 3.8) is 0 Å². The lowest BCUT2D eigenvalue weighted by molar-refractivity contribution is -0.142. The SMILES string of the molecule is COCCN(CC(=O)N(CCc1ccc(OC)c(OC)c1)Cc1ccco1)C(=O)CC(C)(C)C. The number of hydrogen-bond acceptors (Lipinski definition) is 6. The van der Waals surface area contributed by atoms with E-state index < -0.39 is 0 Å². The first-order chi connectivity index (χ1) is 16.2. The zero-order valence-electron chi connectivity index (χ0n) is 21.3. The molecule has 0 aliphatic carbocycles. The Morgan fingerprint density at radius 3 is 2.26 bits per heavy atom. The predicted molar refractivity (Wildman–Crippen MR) is 130 cm³/mol. The van der Waals surface area contributed by atoms with Crippen LogP contribution in [0.15, 0.2) is 41.0 Å². The fourth-order valence-corrected chi connectivity index (χ4v) is 3.50. The minimum absolute atomic E-state index is 0.00901. The summed E-state index contributed by atoms with van der Waals surface area (Å²) in [4.78, 5) is 29.6. The molecule has 1 aromatic heterocycles. The van der Waals surface area contributed by atoms with Crippen LogP contribution < -0.4 is 9.47 Å². The molecule has 0 atom stereocenters. The van der Waals surface area contributed by atoms with Gasteiger partial charge in [0.2, 0.25) is 11.8 Å². The van der Waals surface area contributed by atoms with E-state index in [1.54, 1.807) is 43.5 Å². The Morgan fingerprint density at radius 2 is 1.68 bits per heavy atom. The number of benzene rings is 1. The molecule has 0 saturated heterocycles. The van der Waals surface area contributed by atoms with Crippen LogP contribution in [0.4, 0.5) is 0 Å². The van der Waals surface area contributed by atoms with Crippen LogP contribution >= 0.6 is 0 Å². The number of carbonyl (C=O) groups excluding carboxylic acids is 2. The Bertz CT molecular complexity index is 905. The number of nitrogens with zero attached hydrogens (tertiary/aromatic N) is 2. The molecule has 0 spiro atoms. The average Bonchev–Trinajstić information content (AvgIpc) is 3.30. The lowest BCUT2D eigenvalue weighted by atomic mass is 9.91. The fraction of sp³-hybridized carbons (Fsp3) is 0.538. The maximum atomic E-state index is 13.4. The van der Waals surface area contributed by atoms with Gasteiger partial charge in [-0.1, -0.05) is 26.8 Å². The van der Waals surface area contributed by atoms with Gasteiger partial charge < -0.3 is 28.4 Å². The standard InChI is InChI=1S/C26H38N2O6/c1-26(2,3)17-24(29)28(13-15-31-4)19-25(30)27(18-21-8-7-14-34-21)12-11-20-9-10-22(32-5)23(16-20)33-6/h7-10,14,16H,11-13,15,17-19H2,1-6H3. The van der Waals surface area contributed by atoms with Crippen LogP contribution in [0.1, 0.15) is 38.5 Å². The van der Waals surface area contributed by atoms with E-state index in [1.165, 1.54) is 0 Å². The Kier molecular flexibility index (Phi) is 10.4. The van der Waals surface area contributed by atoms with Crippen LogP contribution in [0.2, 0.25) is 0 Å². The van der Waals surface area contributed by atoms with Crippen LogP contribution in [0.3, 0.4) is 0 Å². The van der Waals surface area contributed by atoms with Crippen molar-refractivity contribution in [2.45, 2.75) is 40.2 Å². The number of rotatable bonds is 13. The van der Waals surface area contributed by atoms with Gasteiger partial charge in [0.15, 0.2) is 11.5 Å². The highest BCUT2D eigenvalue weighted by molar-refractivity contribution is 5.85. The molecule has 1 aromatic carbocycles. The first-order valence-electron chi connectivity index (χ1n) is 11.4. The molecule has 2 amide bonds. The number of ether oxygens (including phenoxy) is 3. The van der Waals surface area contributed by atoms with Gasteiger partial charge in [-0.05, 0) is 41.7 Å². The van der Waals surface area contributed by atoms with Gasteiger partial charge in [-0.2, -0.15) is 0 Å². The van der Waals surface area contributed by atoms with E-state index in [9.17, 15) is 9.59 Å². The molecule has 8 nitrogen and oxygen atoms in total. The molecule has 34 heavy (non-hydrogen) atoms. The number of hydrogen-bond donors (Lipinski definition) is 0. The van der Waals surface area contributed by atoms with Gasteiger partial charge in [0, 0.05) is 26.6 Å². The molecule has 0 saturated carbocycles. The topological polar surface area (TPSA) is 81.5 Å². The molecule has 0 N–H and O–H groups in total. The Balaban J connectivity index is 2.16. The van der Waals surface area contributed by atoms with Gasteiger partial charge in [0.1, 0.15) is 5.76 Å². The summed E-state index contributed by atoms with van der Waals surface area (Å²) in [6.45, 7) is 7.53. The van der Waals surface area contributed by atoms with Gasteiger partial charge in [0.25, 0.3) is 0 Å². The minimum Gasteiger partial charge on any atom is -0.493 e. The molecule has 0 fully saturated rings. The quantitative estimate of drug-likeness (QED) is 0.440. The third kappa shape index (κ3) is 8.74. The molecule has 188 valence electrons. The van der Waals surface area contributed by atoms with Gasteiger partial charge in [0.05, 0.1) is 40.2 Å². The maximum Gasteiger partial charge on any atom is 0.242 e. The van der Waals surface area contributed by atoms with Gasteiger partial charge in [-0.15, -0.1) is 0 Å². The smallest absolute Gasteiger partial charge is 0.242 e. The summed E-state index contributed by atoms with van der Waals surface area (Å²) in [6.07, 6.45) is 2.55. The third-order valence-electron chi connectivity index (χ3n) is 5.32. The van der Waals surface area contributed by atoms with Crippen LogP contribution in [-0.4, -0.2) is 69.2 Å². The molecule has 8 heteroatoms. The third-order valence-corrected chi connectivity index (χ3v) is 5.32. The highest BCUT2D eigenvalue weighted by atomic mass is 16.5. The molecule has 0 aliphatic heterocycles. The second-order valence-electron chi connectivity index (χ2n) is 9.38. The fourth-order valence-electron chi connectivity index (χ4n) is 3.50. The summed E-state index contributed by atoms with van der Waals surface area (Å²) < 4.78 is 21.4. The largest absolute Gasteiger partial charge is 0.493 e. The Labute approximate surface area is 202 Å². The van der Waals surface area contributed by atoms with Crippen LogP contribution in [0.5, 0.6) is 11.5 Å². The van der Waals surface area contributed by atoms with Crippen molar-refractivity contribution in [1.82, 2.24) is 9.80 Å². The van der Waals surface area contributed by atoms with Crippen molar-refractivity contribution in [2.75, 3.05) is 47.6 Å². The molecular weight excluding hydrogens is 436 g/mol. The molecule has 0 unspecified atom stereocenters. The maximum absolute atomic E-state index is 13.4. The molecule has 2 rings (SSSR count). The minimum atomic E-state index is -0.174. The summed E-state index contributed by atoms with van der Waals surface area (Å²) >= 11 is 0.